The van der Waals surface area contributed by atoms with Gasteiger partial charge in [-0.1, -0.05) is 0 Å². The Bertz CT molecular complexity index is 504. The Morgan fingerprint density at radius 2 is 2.06 bits per heavy atom. The fraction of sp³-hybridized carbons (Fsp3) is 0.300. The number of aliphatic carboxylic acids is 1. The molecule has 1 aromatic heterocycles. The first-order chi connectivity index (χ1) is 7.91. The summed E-state index contributed by atoms with van der Waals surface area (Å²) < 4.78 is 4.68. The van der Waals surface area contributed by atoms with E-state index < -0.39 is 28.7 Å². The van der Waals surface area contributed by atoms with E-state index >= 15 is 0 Å². The number of carboxylic acid groups (broad SMARTS) is 1. The quantitative estimate of drug-likeness (QED) is 0.747. The number of aromatic hydroxyl groups is 1. The van der Waals surface area contributed by atoms with E-state index in [1.165, 1.54) is 6.92 Å². The third-order valence-electron chi connectivity index (χ3n) is 1.79. The molecule has 6 nitrogen and oxygen atoms in total. The van der Waals surface area contributed by atoms with Gasteiger partial charge in [0.1, 0.15) is 17.1 Å². The van der Waals surface area contributed by atoms with Crippen LogP contribution in [0, 0.1) is 6.92 Å². The van der Waals surface area contributed by atoms with Gasteiger partial charge in [-0.15, -0.1) is 11.8 Å². The zero-order valence-electron chi connectivity index (χ0n) is 8.93. The molecule has 0 spiro atoms. The maximum Gasteiger partial charge on any atom is 0.350 e. The normalized spacial score (nSPS) is 10.2. The monoisotopic (exact) mass is 258 g/mol. The third-order valence-corrected chi connectivity index (χ3v) is 2.71. The molecule has 0 aliphatic heterocycles. The summed E-state index contributed by atoms with van der Waals surface area (Å²) in [6.07, 6.45) is 0. The van der Waals surface area contributed by atoms with E-state index in [4.69, 9.17) is 5.11 Å². The molecule has 2 N–H and O–H groups in total. The highest BCUT2D eigenvalue weighted by Crippen LogP contribution is 2.16. The number of carboxylic acids is 1. The van der Waals surface area contributed by atoms with E-state index in [2.05, 4.69) is 4.42 Å². The standard InChI is InChI=1S/C10H10O6S/c1-5-2-6(11)9(10(15)16-5)7(12)3-17-4-8(13)14/h2,11H,3-4H2,1H3,(H,13,14). The molecular weight excluding hydrogens is 248 g/mol. The van der Waals surface area contributed by atoms with E-state index in [-0.39, 0.29) is 17.3 Å². The number of ketones is 1. The minimum Gasteiger partial charge on any atom is -0.507 e. The molecule has 92 valence electrons. The van der Waals surface area contributed by atoms with E-state index in [0.717, 1.165) is 17.8 Å². The smallest absolute Gasteiger partial charge is 0.350 e. The molecule has 1 aromatic rings. The van der Waals surface area contributed by atoms with Crippen molar-refractivity contribution < 1.29 is 24.2 Å². The minimum absolute atomic E-state index is 0.197. The lowest BCUT2D eigenvalue weighted by molar-refractivity contribution is -0.133. The molecule has 1 heterocycles. The lowest BCUT2D eigenvalue weighted by Gasteiger charge is -2.02. The molecule has 7 heteroatoms. The van der Waals surface area contributed by atoms with Crippen LogP contribution in [0.25, 0.3) is 0 Å². The molecule has 0 atom stereocenters. The number of Topliss-reactive ketones (excluding diaryl/α,β-unsaturated/α-hetero) is 1. The van der Waals surface area contributed by atoms with Crippen molar-refractivity contribution in [2.45, 2.75) is 6.92 Å². The Kier molecular flexibility index (Phi) is 4.33. The van der Waals surface area contributed by atoms with Crippen molar-refractivity contribution in [1.82, 2.24) is 0 Å². The highest BCUT2D eigenvalue weighted by molar-refractivity contribution is 8.00. The van der Waals surface area contributed by atoms with Gasteiger partial charge in [-0.2, -0.15) is 0 Å². The van der Waals surface area contributed by atoms with Crippen LogP contribution in [-0.4, -0.2) is 33.5 Å². The zero-order valence-corrected chi connectivity index (χ0v) is 9.74. The fourth-order valence-corrected chi connectivity index (χ4v) is 1.76. The molecule has 0 radical (unpaired) electrons. The molecule has 17 heavy (non-hydrogen) atoms. The second-order valence-electron chi connectivity index (χ2n) is 3.21. The average Bonchev–Trinajstić information content (AvgIpc) is 2.14. The van der Waals surface area contributed by atoms with Gasteiger partial charge >= 0.3 is 11.6 Å². The fourth-order valence-electron chi connectivity index (χ4n) is 1.16. The Balaban J connectivity index is 2.83. The van der Waals surface area contributed by atoms with Crippen LogP contribution in [0.4, 0.5) is 0 Å². The summed E-state index contributed by atoms with van der Waals surface area (Å²) in [6.45, 7) is 1.47. The number of carbonyl (C=O) groups is 2. The molecule has 0 aliphatic carbocycles. The molecule has 1 rings (SSSR count). The maximum absolute atomic E-state index is 11.5. The number of hydrogen-bond donors (Lipinski definition) is 2. The highest BCUT2D eigenvalue weighted by Gasteiger charge is 2.18. The summed E-state index contributed by atoms with van der Waals surface area (Å²) in [6, 6.07) is 1.16. The van der Waals surface area contributed by atoms with Crippen molar-refractivity contribution in [1.29, 1.82) is 0 Å². The van der Waals surface area contributed by atoms with Crippen LogP contribution >= 0.6 is 11.8 Å². The van der Waals surface area contributed by atoms with Crippen molar-refractivity contribution in [3.63, 3.8) is 0 Å². The number of hydrogen-bond acceptors (Lipinski definition) is 6. The van der Waals surface area contributed by atoms with Crippen LogP contribution in [0.2, 0.25) is 0 Å². The van der Waals surface area contributed by atoms with Gasteiger partial charge in [-0.25, -0.2) is 4.79 Å². The second-order valence-corrected chi connectivity index (χ2v) is 4.20. The van der Waals surface area contributed by atoms with Gasteiger partial charge in [-0.05, 0) is 6.92 Å². The van der Waals surface area contributed by atoms with Crippen molar-refractivity contribution in [2.24, 2.45) is 0 Å². The molecule has 0 unspecified atom stereocenters. The summed E-state index contributed by atoms with van der Waals surface area (Å²) in [5, 5.41) is 17.8. The Hall–Kier alpha value is -1.76. The lowest BCUT2D eigenvalue weighted by Crippen LogP contribution is -2.17. The van der Waals surface area contributed by atoms with Gasteiger partial charge in [0.2, 0.25) is 0 Å². The van der Waals surface area contributed by atoms with E-state index in [9.17, 15) is 19.5 Å². The van der Waals surface area contributed by atoms with Gasteiger partial charge in [0, 0.05) is 6.07 Å². The van der Waals surface area contributed by atoms with Crippen LogP contribution in [0.5, 0.6) is 5.75 Å². The molecule has 0 aliphatic rings. The second kappa shape index (κ2) is 5.53. The van der Waals surface area contributed by atoms with Gasteiger partial charge < -0.3 is 14.6 Å². The topological polar surface area (TPSA) is 105 Å². The predicted octanol–water partition coefficient (Wildman–Crippen LogP) is 0.654. The van der Waals surface area contributed by atoms with Gasteiger partial charge in [-0.3, -0.25) is 9.59 Å². The van der Waals surface area contributed by atoms with Crippen molar-refractivity contribution >= 4 is 23.5 Å². The number of rotatable bonds is 5. The van der Waals surface area contributed by atoms with E-state index in [1.54, 1.807) is 0 Å². The first kappa shape index (κ1) is 13.3. The van der Waals surface area contributed by atoms with Gasteiger partial charge in [0.05, 0.1) is 11.5 Å². The first-order valence-electron chi connectivity index (χ1n) is 4.58. The van der Waals surface area contributed by atoms with Crippen molar-refractivity contribution in [3.8, 4) is 5.75 Å². The highest BCUT2D eigenvalue weighted by atomic mass is 32.2. The van der Waals surface area contributed by atoms with Crippen molar-refractivity contribution in [2.75, 3.05) is 11.5 Å². The van der Waals surface area contributed by atoms with Crippen LogP contribution in [-0.2, 0) is 4.79 Å². The first-order valence-corrected chi connectivity index (χ1v) is 5.73. The molecular formula is C10H10O6S. The zero-order chi connectivity index (χ0) is 13.0. The number of thioether (sulfide) groups is 1. The third kappa shape index (κ3) is 3.63. The Labute approximate surface area is 100 Å². The predicted molar refractivity (Wildman–Crippen MR) is 60.7 cm³/mol. The summed E-state index contributed by atoms with van der Waals surface area (Å²) in [4.78, 5) is 33.1. The van der Waals surface area contributed by atoms with Gasteiger partial charge in [0.15, 0.2) is 5.78 Å². The van der Waals surface area contributed by atoms with E-state index in [0.29, 0.717) is 0 Å². The molecule has 0 saturated heterocycles. The summed E-state index contributed by atoms with van der Waals surface area (Å²) >= 11 is 0.845. The largest absolute Gasteiger partial charge is 0.507 e. The summed E-state index contributed by atoms with van der Waals surface area (Å²) in [5.41, 5.74) is -1.35. The molecule has 0 aromatic carbocycles. The van der Waals surface area contributed by atoms with Crippen LogP contribution in [0.15, 0.2) is 15.3 Å². The Morgan fingerprint density at radius 3 is 2.59 bits per heavy atom. The number of carbonyl (C=O) groups excluding carboxylic acids is 1. The summed E-state index contributed by atoms with van der Waals surface area (Å²) in [5.74, 6) is -2.40. The van der Waals surface area contributed by atoms with Crippen LogP contribution < -0.4 is 5.63 Å². The van der Waals surface area contributed by atoms with Gasteiger partial charge in [0.25, 0.3) is 0 Å². The van der Waals surface area contributed by atoms with E-state index in [1.807, 2.05) is 0 Å². The molecule has 0 fully saturated rings. The molecule has 0 amide bonds. The summed E-state index contributed by atoms with van der Waals surface area (Å²) in [7, 11) is 0. The molecule has 0 bridgehead atoms. The lowest BCUT2D eigenvalue weighted by atomic mass is 10.2. The maximum atomic E-state index is 11.5. The average molecular weight is 258 g/mol. The molecule has 0 saturated carbocycles. The Morgan fingerprint density at radius 1 is 1.41 bits per heavy atom. The van der Waals surface area contributed by atoms with Crippen molar-refractivity contribution in [3.05, 3.63) is 27.8 Å². The van der Waals surface area contributed by atoms with Crippen LogP contribution in [0.3, 0.4) is 0 Å². The number of aryl methyl sites for hydroxylation is 1. The van der Waals surface area contributed by atoms with Crippen LogP contribution in [0.1, 0.15) is 16.1 Å². The SMILES string of the molecule is Cc1cc(O)c(C(=O)CSCC(=O)O)c(=O)o1. The minimum atomic E-state index is -1.05.